The summed E-state index contributed by atoms with van der Waals surface area (Å²) in [5, 5.41) is 21.5. The van der Waals surface area contributed by atoms with Crippen LogP contribution >= 0.6 is 23.1 Å². The minimum Gasteiger partial charge on any atom is -0.548 e. The number of unbranched alkanes of at least 4 members (excludes halogenated alkanes) is 8. The van der Waals surface area contributed by atoms with Crippen molar-refractivity contribution in [2.75, 3.05) is 6.54 Å². The number of rotatable bonds is 14. The topological polar surface area (TPSA) is 105 Å². The van der Waals surface area contributed by atoms with E-state index in [0.29, 0.717) is 0 Å². The van der Waals surface area contributed by atoms with E-state index in [2.05, 4.69) is 54.0 Å². The van der Waals surface area contributed by atoms with Crippen molar-refractivity contribution in [3.63, 3.8) is 0 Å². The van der Waals surface area contributed by atoms with Crippen molar-refractivity contribution in [2.45, 2.75) is 111 Å². The second-order valence-electron chi connectivity index (χ2n) is 9.80. The van der Waals surface area contributed by atoms with E-state index in [1.54, 1.807) is 0 Å². The molecule has 0 bridgehead atoms. The smallest absolute Gasteiger partial charge is 0.321 e. The van der Waals surface area contributed by atoms with E-state index in [9.17, 15) is 19.5 Å². The van der Waals surface area contributed by atoms with Gasteiger partial charge in [-0.3, -0.25) is 10.1 Å². The van der Waals surface area contributed by atoms with Crippen LogP contribution in [-0.2, 0) is 16.1 Å². The van der Waals surface area contributed by atoms with Crippen LogP contribution < -0.4 is 20.3 Å². The summed E-state index contributed by atoms with van der Waals surface area (Å²) in [4.78, 5) is 33.6. The van der Waals surface area contributed by atoms with Crippen molar-refractivity contribution in [3.05, 3.63) is 32.2 Å². The Morgan fingerprint density at radius 1 is 1.08 bits per heavy atom. The number of nitrogens with one attached hydrogen (secondary N) is 2. The molecule has 2 N–H and O–H groups in total. The van der Waals surface area contributed by atoms with Crippen LogP contribution in [0.2, 0.25) is 0 Å². The average Bonchev–Trinajstić information content (AvgIpc) is 3.40. The molecular formula is C28H44N4O4S2. The third-order valence-corrected chi connectivity index (χ3v) is 8.61. The SMILES string of the molecule is CCCCCCCN1C(C)=CS/C1=C\c1scc(C)[n+]1CCCCCCC.O=C1CC(C(=O)[O-])NC(=O)N1. The van der Waals surface area contributed by atoms with Crippen molar-refractivity contribution in [1.29, 1.82) is 0 Å². The van der Waals surface area contributed by atoms with E-state index >= 15 is 0 Å². The Hall–Kier alpha value is -2.33. The number of aromatic nitrogens is 1. The maximum Gasteiger partial charge on any atom is 0.321 e. The summed E-state index contributed by atoms with van der Waals surface area (Å²) in [7, 11) is 0. The van der Waals surface area contributed by atoms with E-state index in [1.807, 2.05) is 33.7 Å². The fourth-order valence-electron chi connectivity index (χ4n) is 4.29. The summed E-state index contributed by atoms with van der Waals surface area (Å²) < 4.78 is 2.53. The third-order valence-electron chi connectivity index (χ3n) is 6.53. The lowest BCUT2D eigenvalue weighted by Crippen LogP contribution is -2.58. The minimum atomic E-state index is -1.45. The molecule has 2 aliphatic heterocycles. The van der Waals surface area contributed by atoms with E-state index < -0.39 is 23.9 Å². The van der Waals surface area contributed by atoms with Crippen molar-refractivity contribution in [2.24, 2.45) is 0 Å². The fourth-order valence-corrected chi connectivity index (χ4v) is 6.29. The predicted molar refractivity (Wildman–Crippen MR) is 153 cm³/mol. The minimum absolute atomic E-state index is 0.270. The van der Waals surface area contributed by atoms with Gasteiger partial charge in [0.2, 0.25) is 5.91 Å². The monoisotopic (exact) mass is 564 g/mol. The number of carbonyl (C=O) groups is 3. The van der Waals surface area contributed by atoms with Crippen LogP contribution in [0, 0.1) is 6.92 Å². The van der Waals surface area contributed by atoms with E-state index in [0.717, 1.165) is 13.1 Å². The molecule has 1 fully saturated rings. The molecule has 10 heteroatoms. The molecule has 1 unspecified atom stereocenters. The molecule has 2 aliphatic rings. The van der Waals surface area contributed by atoms with Gasteiger partial charge in [-0.15, -0.1) is 0 Å². The van der Waals surface area contributed by atoms with Gasteiger partial charge in [0.05, 0.1) is 34.9 Å². The first-order valence-electron chi connectivity index (χ1n) is 13.9. The van der Waals surface area contributed by atoms with Gasteiger partial charge in [0, 0.05) is 25.6 Å². The molecule has 8 nitrogen and oxygen atoms in total. The average molecular weight is 565 g/mol. The summed E-state index contributed by atoms with van der Waals surface area (Å²) in [5.74, 6) is -2.06. The zero-order chi connectivity index (χ0) is 27.9. The van der Waals surface area contributed by atoms with Gasteiger partial charge in [-0.05, 0) is 25.2 Å². The molecule has 3 heterocycles. The number of allylic oxidation sites excluding steroid dienone is 1. The van der Waals surface area contributed by atoms with Crippen LogP contribution in [0.4, 0.5) is 4.79 Å². The maximum atomic E-state index is 10.5. The Morgan fingerprint density at radius 2 is 1.74 bits per heavy atom. The van der Waals surface area contributed by atoms with Gasteiger partial charge in [0.15, 0.2) is 5.69 Å². The van der Waals surface area contributed by atoms with Crippen molar-refractivity contribution in [1.82, 2.24) is 15.5 Å². The quantitative estimate of drug-likeness (QED) is 0.248. The van der Waals surface area contributed by atoms with Gasteiger partial charge >= 0.3 is 6.03 Å². The Labute approximate surface area is 236 Å². The molecule has 0 saturated carbocycles. The van der Waals surface area contributed by atoms with Crippen molar-refractivity contribution in [3.8, 4) is 0 Å². The Balaban J connectivity index is 0.000000384. The third kappa shape index (κ3) is 10.8. The lowest BCUT2D eigenvalue weighted by Gasteiger charge is -2.23. The zero-order valence-corrected chi connectivity index (χ0v) is 25.0. The Morgan fingerprint density at radius 3 is 2.37 bits per heavy atom. The summed E-state index contributed by atoms with van der Waals surface area (Å²) in [6, 6.07) is -1.99. The highest BCUT2D eigenvalue weighted by atomic mass is 32.2. The van der Waals surface area contributed by atoms with E-state index in [1.165, 1.54) is 85.6 Å². The van der Waals surface area contributed by atoms with Crippen LogP contribution in [0.5, 0.6) is 0 Å². The molecular weight excluding hydrogens is 520 g/mol. The largest absolute Gasteiger partial charge is 0.548 e. The number of amides is 3. The lowest BCUT2D eigenvalue weighted by molar-refractivity contribution is -0.700. The molecule has 38 heavy (non-hydrogen) atoms. The molecule has 1 aromatic rings. The summed E-state index contributed by atoms with van der Waals surface area (Å²) in [6.07, 6.45) is 15.6. The molecule has 0 radical (unpaired) electrons. The molecule has 0 aromatic carbocycles. The number of thiazole rings is 1. The number of urea groups is 1. The summed E-state index contributed by atoms with van der Waals surface area (Å²) in [6.45, 7) is 11.4. The van der Waals surface area contributed by atoms with Crippen LogP contribution in [-0.4, -0.2) is 35.4 Å². The highest BCUT2D eigenvalue weighted by Gasteiger charge is 2.24. The number of carboxylic acids is 1. The fraction of sp³-hybridized carbons (Fsp3) is 0.643. The van der Waals surface area contributed by atoms with Crippen LogP contribution in [0.15, 0.2) is 21.5 Å². The highest BCUT2D eigenvalue weighted by Crippen LogP contribution is 2.36. The standard InChI is InChI=1S/C23H39N2S2.C5H6N2O4/c1-5-7-9-11-13-15-24-20(3)18-26-22(24)17-23-25(21(4)19-27-23)16-14-12-10-8-6-2;8-3-1-2(4(9)10)6-5(11)7-3/h17-19H,5-16H2,1-4H3;2H,1H2,(H,9,10)(H2,6,7,8,11)/q+1;/p-1. The number of carboxylic acid groups (broad SMARTS) is 1. The van der Waals surface area contributed by atoms with Gasteiger partial charge in [-0.1, -0.05) is 81.9 Å². The second-order valence-corrected chi connectivity index (χ2v) is 11.6. The number of carbonyl (C=O) groups excluding carboxylic acids is 3. The number of hydrogen-bond acceptors (Lipinski definition) is 7. The molecule has 1 saturated heterocycles. The molecule has 3 amide bonds. The first-order chi connectivity index (χ1) is 18.3. The number of hydrogen-bond donors (Lipinski definition) is 2. The number of imide groups is 1. The highest BCUT2D eigenvalue weighted by molar-refractivity contribution is 8.06. The number of thioether (sulfide) groups is 1. The summed E-state index contributed by atoms with van der Waals surface area (Å²) >= 11 is 3.79. The van der Waals surface area contributed by atoms with Crippen LogP contribution in [0.3, 0.4) is 0 Å². The summed E-state index contributed by atoms with van der Waals surface area (Å²) in [5.41, 5.74) is 2.81. The Bertz CT molecular complexity index is 973. The molecule has 3 rings (SSSR count). The molecule has 0 aliphatic carbocycles. The number of aliphatic carboxylic acids is 1. The zero-order valence-electron chi connectivity index (χ0n) is 23.3. The molecule has 212 valence electrons. The van der Waals surface area contributed by atoms with Gasteiger partial charge in [-0.2, -0.15) is 4.57 Å². The maximum absolute atomic E-state index is 10.5. The van der Waals surface area contributed by atoms with Gasteiger partial charge < -0.3 is 20.1 Å². The normalized spacial score (nSPS) is 18.1. The Kier molecular flexibility index (Phi) is 14.5. The van der Waals surface area contributed by atoms with Gasteiger partial charge in [-0.25, -0.2) is 4.79 Å². The van der Waals surface area contributed by atoms with Crippen LogP contribution in [0.25, 0.3) is 6.08 Å². The van der Waals surface area contributed by atoms with E-state index in [-0.39, 0.29) is 6.42 Å². The lowest BCUT2D eigenvalue weighted by atomic mass is 10.1. The van der Waals surface area contributed by atoms with Crippen molar-refractivity contribution < 1.29 is 24.1 Å². The second kappa shape index (κ2) is 17.3. The first-order valence-corrected chi connectivity index (χ1v) is 15.6. The predicted octanol–water partition coefficient (Wildman–Crippen LogP) is 4.83. The van der Waals surface area contributed by atoms with Gasteiger partial charge in [0.25, 0.3) is 5.01 Å². The first kappa shape index (κ1) is 31.9. The van der Waals surface area contributed by atoms with Crippen molar-refractivity contribution >= 4 is 47.1 Å². The number of aryl methyl sites for hydroxylation is 1. The molecule has 1 aromatic heterocycles. The van der Waals surface area contributed by atoms with Gasteiger partial charge in [0.1, 0.15) is 6.54 Å². The van der Waals surface area contributed by atoms with E-state index in [4.69, 9.17) is 0 Å². The van der Waals surface area contributed by atoms with Crippen LogP contribution in [0.1, 0.15) is 102 Å². The molecule has 0 spiro atoms. The molecule has 1 atom stereocenters. The number of nitrogens with zero attached hydrogens (tertiary/aromatic N) is 2.